The zero-order valence-electron chi connectivity index (χ0n) is 18.3. The highest BCUT2D eigenvalue weighted by molar-refractivity contribution is 5.73. The summed E-state index contributed by atoms with van der Waals surface area (Å²) < 4.78 is 6.39. The summed E-state index contributed by atoms with van der Waals surface area (Å²) in [5.41, 5.74) is 1.31. The quantitative estimate of drug-likeness (QED) is 0.236. The van der Waals surface area contributed by atoms with Crippen molar-refractivity contribution in [3.8, 4) is 0 Å². The molecule has 0 heterocycles. The summed E-state index contributed by atoms with van der Waals surface area (Å²) in [6.07, 6.45) is -6.88. The highest BCUT2D eigenvalue weighted by atomic mass is 16.5. The molecule has 7 heteroatoms. The lowest BCUT2D eigenvalue weighted by Crippen LogP contribution is -2.53. The van der Waals surface area contributed by atoms with E-state index in [9.17, 15) is 25.2 Å². The van der Waals surface area contributed by atoms with E-state index in [1.165, 1.54) is 0 Å². The number of nitrogens with one attached hydrogen (secondary N) is 1. The molecule has 0 aliphatic rings. The zero-order valence-corrected chi connectivity index (χ0v) is 18.3. The second-order valence-electron chi connectivity index (χ2n) is 7.78. The molecular formula is C26H29NO6. The molecule has 0 aliphatic carbocycles. The van der Waals surface area contributed by atoms with E-state index >= 15 is 0 Å². The van der Waals surface area contributed by atoms with Gasteiger partial charge in [-0.2, -0.15) is 0 Å². The third kappa shape index (κ3) is 5.65. The summed E-state index contributed by atoms with van der Waals surface area (Å²) in [4.78, 5) is 11.1. The molecule has 3 rings (SSSR count). The van der Waals surface area contributed by atoms with Crippen molar-refractivity contribution in [1.82, 2.24) is 5.32 Å². The summed E-state index contributed by atoms with van der Waals surface area (Å²) in [7, 11) is 0. The maximum absolute atomic E-state index is 11.1. The topological polar surface area (TPSA) is 119 Å². The summed E-state index contributed by atoms with van der Waals surface area (Å²) in [6.45, 7) is 0.791. The number of hydrogen-bond donors (Lipinski definition) is 5. The van der Waals surface area contributed by atoms with Gasteiger partial charge in [0.05, 0.1) is 6.61 Å². The Hall–Kier alpha value is -3.07. The monoisotopic (exact) mass is 451 g/mol. The van der Waals surface area contributed by atoms with Gasteiger partial charge in [0.1, 0.15) is 23.9 Å². The number of benzene rings is 3. The van der Waals surface area contributed by atoms with Crippen molar-refractivity contribution >= 4 is 5.91 Å². The normalized spacial score (nSPS) is 15.3. The molecule has 2 unspecified atom stereocenters. The SMILES string of the molecule is CC(=O)N[C@H](O)C(O)[C@H](O)C(O)COC(c1ccccc1)(c1ccccc1)c1ccccc1. The van der Waals surface area contributed by atoms with Crippen LogP contribution in [0.3, 0.4) is 0 Å². The van der Waals surface area contributed by atoms with Gasteiger partial charge in [-0.3, -0.25) is 4.79 Å². The molecule has 3 aromatic carbocycles. The summed E-state index contributed by atoms with van der Waals surface area (Å²) in [5, 5.41) is 43.1. The minimum absolute atomic E-state index is 0.371. The molecule has 5 N–H and O–H groups in total. The Morgan fingerprint density at radius 2 is 1.15 bits per heavy atom. The van der Waals surface area contributed by atoms with Gasteiger partial charge >= 0.3 is 0 Å². The van der Waals surface area contributed by atoms with Crippen LogP contribution in [0.2, 0.25) is 0 Å². The van der Waals surface area contributed by atoms with Crippen LogP contribution in [0.15, 0.2) is 91.0 Å². The lowest BCUT2D eigenvalue weighted by molar-refractivity contribution is -0.146. The lowest BCUT2D eigenvalue weighted by atomic mass is 9.80. The molecule has 0 aromatic heterocycles. The number of carbonyl (C=O) groups excluding carboxylic acids is 1. The largest absolute Gasteiger partial charge is 0.388 e. The van der Waals surface area contributed by atoms with Gasteiger partial charge < -0.3 is 30.5 Å². The minimum atomic E-state index is -1.81. The Morgan fingerprint density at radius 3 is 1.52 bits per heavy atom. The number of carbonyl (C=O) groups is 1. The molecule has 0 fully saturated rings. The number of aliphatic hydroxyl groups is 4. The summed E-state index contributed by atoms with van der Waals surface area (Å²) in [5.74, 6) is -0.587. The second kappa shape index (κ2) is 11.2. The van der Waals surface area contributed by atoms with Gasteiger partial charge in [0.15, 0.2) is 6.23 Å². The van der Waals surface area contributed by atoms with Gasteiger partial charge in [-0.25, -0.2) is 0 Å². The fraction of sp³-hybridized carbons (Fsp3) is 0.269. The van der Waals surface area contributed by atoms with Crippen molar-refractivity contribution in [3.63, 3.8) is 0 Å². The molecule has 7 nitrogen and oxygen atoms in total. The molecule has 0 bridgehead atoms. The van der Waals surface area contributed by atoms with E-state index in [-0.39, 0.29) is 6.61 Å². The van der Waals surface area contributed by atoms with Crippen molar-refractivity contribution < 1.29 is 30.0 Å². The molecular weight excluding hydrogens is 422 g/mol. The highest BCUT2D eigenvalue weighted by Crippen LogP contribution is 2.40. The lowest BCUT2D eigenvalue weighted by Gasteiger charge is -2.37. The molecule has 0 saturated heterocycles. The third-order valence-corrected chi connectivity index (χ3v) is 5.43. The van der Waals surface area contributed by atoms with E-state index in [1.807, 2.05) is 91.0 Å². The Labute approximate surface area is 192 Å². The van der Waals surface area contributed by atoms with E-state index in [2.05, 4.69) is 5.32 Å². The van der Waals surface area contributed by atoms with Crippen LogP contribution in [0.25, 0.3) is 0 Å². The van der Waals surface area contributed by atoms with Crippen molar-refractivity contribution in [1.29, 1.82) is 0 Å². The molecule has 0 radical (unpaired) electrons. The maximum atomic E-state index is 11.1. The predicted molar refractivity (Wildman–Crippen MR) is 123 cm³/mol. The molecule has 0 saturated carbocycles. The van der Waals surface area contributed by atoms with Crippen LogP contribution in [0.1, 0.15) is 23.6 Å². The van der Waals surface area contributed by atoms with Crippen molar-refractivity contribution in [3.05, 3.63) is 108 Å². The smallest absolute Gasteiger partial charge is 0.218 e. The molecule has 4 atom stereocenters. The fourth-order valence-corrected chi connectivity index (χ4v) is 3.79. The van der Waals surface area contributed by atoms with E-state index in [1.54, 1.807) is 0 Å². The molecule has 3 aromatic rings. The van der Waals surface area contributed by atoms with Crippen molar-refractivity contribution in [2.75, 3.05) is 6.61 Å². The van der Waals surface area contributed by atoms with E-state index in [0.717, 1.165) is 23.6 Å². The first-order valence-corrected chi connectivity index (χ1v) is 10.7. The first kappa shape index (κ1) is 24.6. The van der Waals surface area contributed by atoms with Crippen molar-refractivity contribution in [2.45, 2.75) is 37.1 Å². The molecule has 1 amide bonds. The second-order valence-corrected chi connectivity index (χ2v) is 7.78. The number of hydrogen-bond acceptors (Lipinski definition) is 6. The van der Waals surface area contributed by atoms with Gasteiger partial charge in [0.25, 0.3) is 0 Å². The van der Waals surface area contributed by atoms with Crippen LogP contribution in [-0.2, 0) is 15.1 Å². The van der Waals surface area contributed by atoms with Crippen LogP contribution in [0.4, 0.5) is 0 Å². The molecule has 0 spiro atoms. The van der Waals surface area contributed by atoms with E-state index in [0.29, 0.717) is 0 Å². The molecule has 0 aliphatic heterocycles. The van der Waals surface area contributed by atoms with Gasteiger partial charge in [-0.15, -0.1) is 0 Å². The van der Waals surface area contributed by atoms with Gasteiger partial charge in [0, 0.05) is 6.92 Å². The highest BCUT2D eigenvalue weighted by Gasteiger charge is 2.39. The first-order valence-electron chi connectivity index (χ1n) is 10.7. The minimum Gasteiger partial charge on any atom is -0.388 e. The van der Waals surface area contributed by atoms with Crippen LogP contribution in [0, 0.1) is 0 Å². The first-order chi connectivity index (χ1) is 15.9. The Balaban J connectivity index is 1.96. The number of aliphatic hydroxyl groups excluding tert-OH is 4. The van der Waals surface area contributed by atoms with Crippen LogP contribution < -0.4 is 5.32 Å². The van der Waals surface area contributed by atoms with Crippen molar-refractivity contribution in [2.24, 2.45) is 0 Å². The Bertz CT molecular complexity index is 902. The summed E-state index contributed by atoms with van der Waals surface area (Å²) >= 11 is 0. The van der Waals surface area contributed by atoms with E-state index < -0.39 is 36.0 Å². The zero-order chi connectivity index (χ0) is 23.8. The Morgan fingerprint density at radius 1 is 0.758 bits per heavy atom. The van der Waals surface area contributed by atoms with E-state index in [4.69, 9.17) is 4.74 Å². The van der Waals surface area contributed by atoms with Crippen LogP contribution in [0.5, 0.6) is 0 Å². The molecule has 33 heavy (non-hydrogen) atoms. The van der Waals surface area contributed by atoms with Gasteiger partial charge in [-0.1, -0.05) is 91.0 Å². The van der Waals surface area contributed by atoms with Gasteiger partial charge in [-0.05, 0) is 16.7 Å². The number of rotatable bonds is 10. The van der Waals surface area contributed by atoms with Crippen LogP contribution in [-0.4, -0.2) is 57.5 Å². The maximum Gasteiger partial charge on any atom is 0.218 e. The summed E-state index contributed by atoms with van der Waals surface area (Å²) in [6, 6.07) is 28.5. The predicted octanol–water partition coefficient (Wildman–Crippen LogP) is 1.53. The fourth-order valence-electron chi connectivity index (χ4n) is 3.79. The van der Waals surface area contributed by atoms with Gasteiger partial charge in [0.2, 0.25) is 5.91 Å². The molecule has 174 valence electrons. The third-order valence-electron chi connectivity index (χ3n) is 5.43. The number of amides is 1. The number of ether oxygens (including phenoxy) is 1. The standard InChI is InChI=1S/C26H29NO6/c1-18(28)27-25(32)24(31)23(30)22(29)17-33-26(19-11-5-2-6-12-19,20-13-7-3-8-14-20)21-15-9-4-10-16-21/h2-16,22-25,29-32H,17H2,1H3,(H,27,28)/t22?,23-,24?,25-/m1/s1. The average Bonchev–Trinajstić information content (AvgIpc) is 2.85. The Kier molecular flexibility index (Phi) is 8.32. The van der Waals surface area contributed by atoms with Crippen LogP contribution >= 0.6 is 0 Å². The average molecular weight is 452 g/mol.